The van der Waals surface area contributed by atoms with E-state index >= 15 is 0 Å². The molecule has 1 aliphatic rings. The molecule has 2 heterocycles. The van der Waals surface area contributed by atoms with Crippen molar-refractivity contribution in [2.45, 2.75) is 40.0 Å². The van der Waals surface area contributed by atoms with Gasteiger partial charge in [0, 0.05) is 11.6 Å². The molecule has 0 aromatic carbocycles. The molecule has 0 bridgehead atoms. The molecule has 0 spiro atoms. The quantitative estimate of drug-likeness (QED) is 0.799. The van der Waals surface area contributed by atoms with Crippen molar-refractivity contribution in [1.29, 1.82) is 0 Å². The summed E-state index contributed by atoms with van der Waals surface area (Å²) in [5, 5.41) is 7.89. The predicted molar refractivity (Wildman–Crippen MR) is 74.5 cm³/mol. The molecule has 0 amide bonds. The zero-order valence-corrected chi connectivity index (χ0v) is 13.1. The average molecular weight is 325 g/mol. The molecule has 4 N–H and O–H groups in total. The zero-order valence-electron chi connectivity index (χ0n) is 10.6. The minimum atomic E-state index is -3.85. The molecule has 0 fully saturated rings. The molecule has 0 saturated heterocycles. The maximum absolute atomic E-state index is 12.4. The number of nitrogens with one attached hydrogen (secondary N) is 1. The average Bonchev–Trinajstić information content (AvgIpc) is 2.72. The first kappa shape index (κ1) is 14.9. The van der Waals surface area contributed by atoms with Crippen LogP contribution in [0.25, 0.3) is 0 Å². The van der Waals surface area contributed by atoms with Gasteiger partial charge in [-0.1, -0.05) is 6.92 Å². The van der Waals surface area contributed by atoms with E-state index < -0.39 is 25.1 Å². The van der Waals surface area contributed by atoms with Crippen LogP contribution in [0.5, 0.6) is 0 Å². The fourth-order valence-corrected chi connectivity index (χ4v) is 6.64. The van der Waals surface area contributed by atoms with Crippen molar-refractivity contribution in [3.63, 3.8) is 0 Å². The number of nitrogens with two attached hydrogens (primary N) is 1. The van der Waals surface area contributed by atoms with Gasteiger partial charge in [-0.2, -0.15) is 4.21 Å². The highest BCUT2D eigenvalue weighted by Crippen LogP contribution is 2.42. The van der Waals surface area contributed by atoms with Crippen LogP contribution in [0.1, 0.15) is 31.9 Å². The lowest BCUT2D eigenvalue weighted by Crippen LogP contribution is -2.33. The van der Waals surface area contributed by atoms with Gasteiger partial charge in [0.1, 0.15) is 9.46 Å². The van der Waals surface area contributed by atoms with Gasteiger partial charge in [0.05, 0.1) is 0 Å². The summed E-state index contributed by atoms with van der Waals surface area (Å²) in [4.78, 5) is 0. The zero-order chi connectivity index (χ0) is 14.4. The number of fused-ring (bicyclic) bond motifs is 1. The van der Waals surface area contributed by atoms with E-state index in [1.807, 2.05) is 6.92 Å². The molecule has 0 radical (unpaired) electrons. The van der Waals surface area contributed by atoms with E-state index in [1.165, 1.54) is 6.07 Å². The first-order valence-corrected chi connectivity index (χ1v) is 9.77. The standard InChI is InChI=1S/C10H16N2O4S3/c1-3-12-8-4-6(2)18(13,14)10-7(8)5-9(17-10)19(11,15)16/h5-6,8,12H,3-4H2,1-2H3,(H2,11,15,16)/p+1/t6?,8-/m0/s1. The van der Waals surface area contributed by atoms with Gasteiger partial charge in [-0.25, -0.2) is 17.8 Å². The molecule has 2 unspecified atom stereocenters. The Hall–Kier alpha value is -0.480. The molecule has 19 heavy (non-hydrogen) atoms. The SMILES string of the molecule is CCN[C@H]1CC(C)S(=O)(=[OH+])c2sc(S(N)(=O)=O)cc21. The first-order valence-electron chi connectivity index (χ1n) is 5.83. The fourth-order valence-electron chi connectivity index (χ4n) is 2.19. The van der Waals surface area contributed by atoms with E-state index in [0.29, 0.717) is 18.5 Å². The Balaban J connectivity index is 2.64. The molecule has 6 nitrogen and oxygen atoms in total. The molecular weight excluding hydrogens is 308 g/mol. The Bertz CT molecular complexity index is 690. The summed E-state index contributed by atoms with van der Waals surface area (Å²) in [6.45, 7) is 4.33. The van der Waals surface area contributed by atoms with Crippen molar-refractivity contribution in [2.75, 3.05) is 6.54 Å². The number of sulfonamides is 1. The number of hydrogen-bond donors (Lipinski definition) is 2. The smallest absolute Gasteiger partial charge is 0.310 e. The van der Waals surface area contributed by atoms with E-state index in [2.05, 4.69) is 5.32 Å². The summed E-state index contributed by atoms with van der Waals surface area (Å²) < 4.78 is 45.5. The van der Waals surface area contributed by atoms with Crippen LogP contribution >= 0.6 is 11.3 Å². The van der Waals surface area contributed by atoms with Crippen molar-refractivity contribution in [3.8, 4) is 0 Å². The minimum absolute atomic E-state index is 0.0590. The Labute approximate surface area is 117 Å². The Morgan fingerprint density at radius 1 is 1.63 bits per heavy atom. The molecule has 1 aromatic rings. The largest absolute Gasteiger partial charge is 0.315 e. The van der Waals surface area contributed by atoms with Crippen molar-refractivity contribution >= 4 is 31.2 Å². The predicted octanol–water partition coefficient (Wildman–Crippen LogP) is 0.769. The van der Waals surface area contributed by atoms with E-state index in [-0.39, 0.29) is 14.5 Å². The van der Waals surface area contributed by atoms with Crippen molar-refractivity contribution in [2.24, 2.45) is 5.14 Å². The van der Waals surface area contributed by atoms with Crippen LogP contribution in [0, 0.1) is 0 Å². The van der Waals surface area contributed by atoms with E-state index in [9.17, 15) is 16.8 Å². The van der Waals surface area contributed by atoms with Crippen LogP contribution in [0.3, 0.4) is 0 Å². The van der Waals surface area contributed by atoms with Crippen LogP contribution in [0.4, 0.5) is 0 Å². The highest BCUT2D eigenvalue weighted by atomic mass is 32.3. The van der Waals surface area contributed by atoms with Gasteiger partial charge in [0.15, 0.2) is 4.21 Å². The van der Waals surface area contributed by atoms with E-state index in [1.54, 1.807) is 6.92 Å². The van der Waals surface area contributed by atoms with Crippen LogP contribution in [0.2, 0.25) is 0 Å². The fraction of sp³-hybridized carbons (Fsp3) is 0.600. The summed E-state index contributed by atoms with van der Waals surface area (Å²) in [5.74, 6) is 0. The Morgan fingerprint density at radius 2 is 2.26 bits per heavy atom. The number of thiophene rings is 1. The lowest BCUT2D eigenvalue weighted by atomic mass is 10.1. The van der Waals surface area contributed by atoms with Gasteiger partial charge < -0.3 is 5.32 Å². The molecule has 0 saturated carbocycles. The van der Waals surface area contributed by atoms with Crippen LogP contribution in [-0.2, 0) is 19.9 Å². The third-order valence-electron chi connectivity index (χ3n) is 3.19. The monoisotopic (exact) mass is 325 g/mol. The summed E-state index contributed by atoms with van der Waals surface area (Å²) >= 11 is 0.804. The maximum Gasteiger partial charge on any atom is 0.315 e. The summed E-state index contributed by atoms with van der Waals surface area (Å²) in [6.07, 6.45) is 0.497. The van der Waals surface area contributed by atoms with Crippen molar-refractivity contribution < 1.29 is 16.8 Å². The summed E-state index contributed by atoms with van der Waals surface area (Å²) in [6, 6.07) is 1.31. The molecular formula is C10H17N2O4S3+. The van der Waals surface area contributed by atoms with Crippen LogP contribution < -0.4 is 10.5 Å². The topological polar surface area (TPSA) is 111 Å². The van der Waals surface area contributed by atoms with Gasteiger partial charge in [-0.3, -0.25) is 0 Å². The van der Waals surface area contributed by atoms with Crippen LogP contribution in [-0.4, -0.2) is 28.6 Å². The highest BCUT2D eigenvalue weighted by molar-refractivity contribution is 7.95. The Morgan fingerprint density at radius 3 is 2.79 bits per heavy atom. The molecule has 3 atom stereocenters. The second kappa shape index (κ2) is 4.81. The third-order valence-corrected chi connectivity index (χ3v) is 8.57. The number of primary sulfonamides is 1. The van der Waals surface area contributed by atoms with Gasteiger partial charge >= 0.3 is 9.84 Å². The van der Waals surface area contributed by atoms with Crippen molar-refractivity contribution in [1.82, 2.24) is 5.32 Å². The lowest BCUT2D eigenvalue weighted by Gasteiger charge is -2.25. The van der Waals surface area contributed by atoms with Crippen molar-refractivity contribution in [3.05, 3.63) is 11.6 Å². The van der Waals surface area contributed by atoms with Gasteiger partial charge in [-0.15, -0.1) is 11.3 Å². The van der Waals surface area contributed by atoms with Gasteiger partial charge in [0.2, 0.25) is 10.0 Å². The summed E-state index contributed by atoms with van der Waals surface area (Å²) in [5.41, 5.74) is 0.585. The second-order valence-corrected chi connectivity index (χ2v) is 10.0. The minimum Gasteiger partial charge on any atom is -0.310 e. The Kier molecular flexibility index (Phi) is 3.78. The molecule has 1 aliphatic heterocycles. The van der Waals surface area contributed by atoms with E-state index in [0.717, 1.165) is 11.3 Å². The van der Waals surface area contributed by atoms with Gasteiger partial charge in [-0.05, 0) is 26.0 Å². The normalized spacial score (nSPS) is 31.1. The molecule has 0 aliphatic carbocycles. The molecule has 108 valence electrons. The molecule has 9 heteroatoms. The molecule has 2 rings (SSSR count). The summed E-state index contributed by atoms with van der Waals surface area (Å²) in [7, 11) is -7.05. The third kappa shape index (κ3) is 2.57. The van der Waals surface area contributed by atoms with Crippen LogP contribution in [0.15, 0.2) is 14.5 Å². The number of hydrogen-bond acceptors (Lipinski definition) is 5. The molecule has 1 aromatic heterocycles. The van der Waals surface area contributed by atoms with E-state index in [4.69, 9.17) is 5.14 Å². The lowest BCUT2D eigenvalue weighted by molar-refractivity contribution is 0.480. The first-order chi connectivity index (χ1) is 8.67. The van der Waals surface area contributed by atoms with Gasteiger partial charge in [0.25, 0.3) is 0 Å². The highest BCUT2D eigenvalue weighted by Gasteiger charge is 2.42. The second-order valence-electron chi connectivity index (χ2n) is 4.58. The maximum atomic E-state index is 12.4. The number of rotatable bonds is 3.